The minimum atomic E-state index is -1.42. The molecule has 0 bridgehead atoms. The molecule has 2 heterocycles. The first-order valence-electron chi connectivity index (χ1n) is 5.79. The summed E-state index contributed by atoms with van der Waals surface area (Å²) in [5.41, 5.74) is -1.29. The number of nitrogens with zero attached hydrogens (tertiary/aromatic N) is 2. The molecule has 110 valence electrons. The summed E-state index contributed by atoms with van der Waals surface area (Å²) in [6, 6.07) is 0. The molecule has 4 atom stereocenters. The van der Waals surface area contributed by atoms with E-state index in [1.54, 1.807) is 0 Å². The highest BCUT2D eigenvalue weighted by Gasteiger charge is 2.43. The molecule has 0 radical (unpaired) electrons. The molecule has 0 unspecified atom stereocenters. The summed E-state index contributed by atoms with van der Waals surface area (Å²) in [5.74, 6) is -0.920. The van der Waals surface area contributed by atoms with Crippen molar-refractivity contribution < 1.29 is 29.6 Å². The first kappa shape index (κ1) is 14.6. The van der Waals surface area contributed by atoms with Crippen molar-refractivity contribution >= 4 is 5.97 Å². The molecule has 1 saturated heterocycles. The molecular formula is C11H14N2O7. The summed E-state index contributed by atoms with van der Waals surface area (Å²) >= 11 is 0. The lowest BCUT2D eigenvalue weighted by Crippen LogP contribution is -2.37. The molecule has 0 aromatic carbocycles. The van der Waals surface area contributed by atoms with Gasteiger partial charge in [-0.2, -0.15) is 0 Å². The first-order chi connectivity index (χ1) is 9.51. The Labute approximate surface area is 113 Å². The number of hydrogen-bond donors (Lipinski definition) is 3. The van der Waals surface area contributed by atoms with Gasteiger partial charge >= 0.3 is 5.97 Å². The Morgan fingerprint density at radius 3 is 2.75 bits per heavy atom. The van der Waals surface area contributed by atoms with Crippen molar-refractivity contribution in [1.29, 1.82) is 0 Å². The highest BCUT2D eigenvalue weighted by Crippen LogP contribution is 2.27. The molecule has 1 aliphatic heterocycles. The third-order valence-corrected chi connectivity index (χ3v) is 3.04. The zero-order valence-corrected chi connectivity index (χ0v) is 10.5. The lowest BCUT2D eigenvalue weighted by atomic mass is 10.1. The second-order valence-electron chi connectivity index (χ2n) is 4.21. The van der Waals surface area contributed by atoms with Crippen LogP contribution in [-0.2, 0) is 9.47 Å². The van der Waals surface area contributed by atoms with Gasteiger partial charge in [0.05, 0.1) is 13.7 Å². The predicted molar refractivity (Wildman–Crippen MR) is 62.8 cm³/mol. The summed E-state index contributed by atoms with van der Waals surface area (Å²) in [7, 11) is 1.10. The van der Waals surface area contributed by atoms with E-state index in [-0.39, 0.29) is 0 Å². The van der Waals surface area contributed by atoms with Gasteiger partial charge in [0.15, 0.2) is 6.23 Å². The Bertz CT molecular complexity index is 558. The minimum Gasteiger partial charge on any atom is -0.464 e. The van der Waals surface area contributed by atoms with Crippen LogP contribution in [-0.4, -0.2) is 62.9 Å². The third-order valence-electron chi connectivity index (χ3n) is 3.04. The molecule has 0 amide bonds. The lowest BCUT2D eigenvalue weighted by Gasteiger charge is -2.17. The highest BCUT2D eigenvalue weighted by atomic mass is 16.6. The van der Waals surface area contributed by atoms with E-state index in [0.717, 1.165) is 11.7 Å². The van der Waals surface area contributed by atoms with Gasteiger partial charge in [-0.05, 0) is 0 Å². The lowest BCUT2D eigenvalue weighted by molar-refractivity contribution is -0.0546. The maximum atomic E-state index is 12.1. The molecule has 1 aromatic rings. The van der Waals surface area contributed by atoms with E-state index in [4.69, 9.17) is 9.84 Å². The number of methoxy groups -OCH3 is 1. The fraction of sp³-hybridized carbons (Fsp3) is 0.545. The fourth-order valence-corrected chi connectivity index (χ4v) is 1.97. The summed E-state index contributed by atoms with van der Waals surface area (Å²) in [5, 5.41) is 28.5. The van der Waals surface area contributed by atoms with Gasteiger partial charge in [0.1, 0.15) is 18.3 Å². The normalized spacial score (nSPS) is 29.4. The van der Waals surface area contributed by atoms with Gasteiger partial charge in [-0.3, -0.25) is 9.36 Å². The number of carbonyl (C=O) groups is 1. The van der Waals surface area contributed by atoms with E-state index in [1.165, 1.54) is 12.4 Å². The van der Waals surface area contributed by atoms with Crippen molar-refractivity contribution in [3.05, 3.63) is 28.4 Å². The summed E-state index contributed by atoms with van der Waals surface area (Å²) in [4.78, 5) is 27.1. The number of ether oxygens (including phenoxy) is 2. The van der Waals surface area contributed by atoms with Crippen LogP contribution in [0, 0.1) is 0 Å². The molecule has 0 aliphatic carbocycles. The second-order valence-corrected chi connectivity index (χ2v) is 4.21. The van der Waals surface area contributed by atoms with Crippen molar-refractivity contribution in [2.45, 2.75) is 24.5 Å². The van der Waals surface area contributed by atoms with Crippen molar-refractivity contribution in [3.8, 4) is 0 Å². The number of esters is 1. The number of carbonyl (C=O) groups excluding carboxylic acids is 1. The highest BCUT2D eigenvalue weighted by molar-refractivity contribution is 5.86. The molecule has 1 aromatic heterocycles. The van der Waals surface area contributed by atoms with Crippen molar-refractivity contribution in [2.24, 2.45) is 0 Å². The molecule has 1 aliphatic rings. The number of aromatic nitrogens is 2. The average Bonchev–Trinajstić information content (AvgIpc) is 2.74. The predicted octanol–water partition coefficient (Wildman–Crippen LogP) is -2.36. The van der Waals surface area contributed by atoms with Crippen LogP contribution in [0.25, 0.3) is 0 Å². The van der Waals surface area contributed by atoms with E-state index in [2.05, 4.69) is 9.72 Å². The Morgan fingerprint density at radius 2 is 2.20 bits per heavy atom. The van der Waals surface area contributed by atoms with Gasteiger partial charge in [0.2, 0.25) is 5.69 Å². The number of aliphatic hydroxyl groups excluding tert-OH is 3. The van der Waals surface area contributed by atoms with Gasteiger partial charge in [-0.25, -0.2) is 9.78 Å². The van der Waals surface area contributed by atoms with Gasteiger partial charge in [0, 0.05) is 12.4 Å². The largest absolute Gasteiger partial charge is 0.464 e. The summed E-state index contributed by atoms with van der Waals surface area (Å²) in [6.07, 6.45) is -2.63. The monoisotopic (exact) mass is 286 g/mol. The maximum Gasteiger partial charge on any atom is 0.362 e. The fourth-order valence-electron chi connectivity index (χ4n) is 1.97. The molecule has 9 heteroatoms. The Kier molecular flexibility index (Phi) is 4.14. The van der Waals surface area contributed by atoms with E-state index >= 15 is 0 Å². The molecule has 9 nitrogen and oxygen atoms in total. The van der Waals surface area contributed by atoms with Crippen LogP contribution in [0.1, 0.15) is 16.7 Å². The zero-order chi connectivity index (χ0) is 14.9. The number of aliphatic hydroxyl groups is 3. The van der Waals surface area contributed by atoms with Gasteiger partial charge < -0.3 is 24.8 Å². The Balaban J connectivity index is 2.40. The van der Waals surface area contributed by atoms with Crippen LogP contribution in [0.5, 0.6) is 0 Å². The molecule has 20 heavy (non-hydrogen) atoms. The summed E-state index contributed by atoms with van der Waals surface area (Å²) < 4.78 is 10.5. The molecule has 1 fully saturated rings. The van der Waals surface area contributed by atoms with Gasteiger partial charge in [-0.1, -0.05) is 0 Å². The van der Waals surface area contributed by atoms with E-state index in [9.17, 15) is 19.8 Å². The Hall–Kier alpha value is -1.81. The average molecular weight is 286 g/mol. The molecule has 0 spiro atoms. The van der Waals surface area contributed by atoms with Crippen LogP contribution in [0.4, 0.5) is 0 Å². The van der Waals surface area contributed by atoms with Crippen LogP contribution in [0.15, 0.2) is 17.2 Å². The molecule has 2 rings (SSSR count). The molecular weight excluding hydrogens is 272 g/mol. The first-order valence-corrected chi connectivity index (χ1v) is 5.79. The third kappa shape index (κ3) is 2.31. The van der Waals surface area contributed by atoms with Crippen molar-refractivity contribution in [1.82, 2.24) is 9.55 Å². The van der Waals surface area contributed by atoms with E-state index in [0.29, 0.717) is 0 Å². The van der Waals surface area contributed by atoms with E-state index in [1.807, 2.05) is 0 Å². The van der Waals surface area contributed by atoms with Gasteiger partial charge in [-0.15, -0.1) is 0 Å². The molecule has 3 N–H and O–H groups in total. The van der Waals surface area contributed by atoms with Crippen molar-refractivity contribution in [3.63, 3.8) is 0 Å². The standard InChI is InChI=1S/C11H14N2O7/c1-19-11(18)6-9(17)13(3-2-12-6)10-8(16)7(15)5(4-14)20-10/h2-3,5,7-8,10,14-16H,4H2,1H3/t5-,7-,8-,10+/m0/s1. The quantitative estimate of drug-likeness (QED) is 0.526. The van der Waals surface area contributed by atoms with E-state index < -0.39 is 48.4 Å². The minimum absolute atomic E-state index is 0.465. The Morgan fingerprint density at radius 1 is 1.50 bits per heavy atom. The van der Waals surface area contributed by atoms with Crippen LogP contribution < -0.4 is 5.56 Å². The maximum absolute atomic E-state index is 12.1. The number of rotatable bonds is 3. The van der Waals surface area contributed by atoms with Crippen molar-refractivity contribution in [2.75, 3.05) is 13.7 Å². The van der Waals surface area contributed by atoms with Crippen LogP contribution in [0.3, 0.4) is 0 Å². The van der Waals surface area contributed by atoms with Gasteiger partial charge in [0.25, 0.3) is 5.56 Å². The summed E-state index contributed by atoms with van der Waals surface area (Å²) in [6.45, 7) is -0.515. The van der Waals surface area contributed by atoms with Crippen LogP contribution >= 0.6 is 0 Å². The SMILES string of the molecule is COC(=O)c1nccn([C@@H]2O[C@@H](CO)[C@H](O)[C@@H]2O)c1=O. The smallest absolute Gasteiger partial charge is 0.362 e. The second kappa shape index (κ2) is 5.67. The van der Waals surface area contributed by atoms with Crippen LogP contribution in [0.2, 0.25) is 0 Å². The zero-order valence-electron chi connectivity index (χ0n) is 10.5. The molecule has 0 saturated carbocycles. The topological polar surface area (TPSA) is 131 Å². The number of hydrogen-bond acceptors (Lipinski definition) is 8.